The Morgan fingerprint density at radius 1 is 0.290 bits per heavy atom. The van der Waals surface area contributed by atoms with Crippen LogP contribution in [0.4, 0.5) is 0 Å². The molecule has 2 atom stereocenters. The number of likely N-dealkylation sites (N-methyl/N-ethyl adjacent to an activating group) is 1. The van der Waals surface area contributed by atoms with Gasteiger partial charge in [-0.05, 0) is 70.6 Å². The van der Waals surface area contributed by atoms with Gasteiger partial charge in [0.25, 0.3) is 0 Å². The molecule has 9 heteroatoms. The number of hydrogen-bond donors (Lipinski definition) is 0. The third-order valence-electron chi connectivity index (χ3n) is 21.2. The van der Waals surface area contributed by atoms with E-state index in [4.69, 9.17) is 18.9 Å². The molecular formula is C98H179NO8. The molecular weight excluding hydrogens is 1320 g/mol. The van der Waals surface area contributed by atoms with E-state index in [1.165, 1.54) is 353 Å². The van der Waals surface area contributed by atoms with Crippen LogP contribution >= 0.6 is 0 Å². The zero-order chi connectivity index (χ0) is 77.4. The molecule has 0 aromatic carbocycles. The maximum Gasteiger partial charge on any atom is 0.306 e. The highest BCUT2D eigenvalue weighted by molar-refractivity contribution is 5.70. The second kappa shape index (κ2) is 88.0. The minimum atomic E-state index is -1.62. The Hall–Kier alpha value is -3.53. The van der Waals surface area contributed by atoms with Crippen molar-refractivity contribution >= 4 is 17.9 Å². The molecule has 624 valence electrons. The van der Waals surface area contributed by atoms with Crippen LogP contribution in [0.15, 0.2) is 85.1 Å². The van der Waals surface area contributed by atoms with E-state index in [9.17, 15) is 19.5 Å². The maximum atomic E-state index is 13.0. The van der Waals surface area contributed by atoms with E-state index >= 15 is 0 Å². The first-order valence-electron chi connectivity index (χ1n) is 46.7. The van der Waals surface area contributed by atoms with E-state index in [0.29, 0.717) is 23.9 Å². The summed E-state index contributed by atoms with van der Waals surface area (Å²) in [5, 5.41) is 11.9. The number of carbonyl (C=O) groups excluding carboxylic acids is 3. The van der Waals surface area contributed by atoms with Crippen LogP contribution in [0, 0.1) is 0 Å². The molecule has 0 spiro atoms. The molecule has 0 saturated carbocycles. The van der Waals surface area contributed by atoms with Gasteiger partial charge in [-0.1, -0.05) is 465 Å². The number of hydrogen-bond acceptors (Lipinski definition) is 8. The molecule has 0 aromatic heterocycles. The van der Waals surface area contributed by atoms with Gasteiger partial charge in [0.1, 0.15) is 13.2 Å². The van der Waals surface area contributed by atoms with Crippen LogP contribution in [-0.4, -0.2) is 82.3 Å². The third-order valence-corrected chi connectivity index (χ3v) is 21.2. The Morgan fingerprint density at radius 3 is 0.794 bits per heavy atom. The molecule has 9 nitrogen and oxygen atoms in total. The molecule has 0 amide bonds. The summed E-state index contributed by atoms with van der Waals surface area (Å²) in [5.41, 5.74) is 0. The third kappa shape index (κ3) is 89.6. The predicted octanol–water partition coefficient (Wildman–Crippen LogP) is 29.5. The van der Waals surface area contributed by atoms with Gasteiger partial charge in [-0.15, -0.1) is 0 Å². The molecule has 2 unspecified atom stereocenters. The fraction of sp³-hybridized carbons (Fsp3) is 0.827. The van der Waals surface area contributed by atoms with Gasteiger partial charge >= 0.3 is 11.9 Å². The fourth-order valence-corrected chi connectivity index (χ4v) is 14.1. The summed E-state index contributed by atoms with van der Waals surface area (Å²) in [4.78, 5) is 37.7. The van der Waals surface area contributed by atoms with Crippen molar-refractivity contribution in [1.82, 2.24) is 0 Å². The van der Waals surface area contributed by atoms with Crippen molar-refractivity contribution < 1.29 is 42.9 Å². The molecule has 0 radical (unpaired) electrons. The SMILES string of the molecule is CC/C=C\C/C=C\C/C=C\C/C=C\C/C=C\C/C=C\C/C=C\CCCCCCCCCCCCCCCCCCCCCC(=O)OC(COC(=O)CCCCCCCCCCCCCCCCCCCCCCCCCCCCCCCCCCCCCCCCCCC)COC(OCC[N+](C)(C)C)C(=O)[O-]. The van der Waals surface area contributed by atoms with Crippen LogP contribution in [0.3, 0.4) is 0 Å². The number of carbonyl (C=O) groups is 3. The lowest BCUT2D eigenvalue weighted by molar-refractivity contribution is -0.870. The van der Waals surface area contributed by atoms with Crippen molar-refractivity contribution in [2.24, 2.45) is 0 Å². The number of esters is 2. The van der Waals surface area contributed by atoms with E-state index in [1.807, 2.05) is 21.1 Å². The van der Waals surface area contributed by atoms with Crippen molar-refractivity contribution in [3.05, 3.63) is 85.1 Å². The van der Waals surface area contributed by atoms with Crippen LogP contribution in [0.5, 0.6) is 0 Å². The van der Waals surface area contributed by atoms with E-state index in [2.05, 4.69) is 98.9 Å². The highest BCUT2D eigenvalue weighted by Gasteiger charge is 2.22. The number of rotatable bonds is 88. The lowest BCUT2D eigenvalue weighted by Crippen LogP contribution is -2.44. The summed E-state index contributed by atoms with van der Waals surface area (Å²) in [6, 6.07) is 0. The van der Waals surface area contributed by atoms with Gasteiger partial charge in [0.15, 0.2) is 12.4 Å². The summed E-state index contributed by atoms with van der Waals surface area (Å²) in [6.45, 7) is 4.71. The number of nitrogens with zero attached hydrogens (tertiary/aromatic N) is 1. The molecule has 0 heterocycles. The minimum Gasteiger partial charge on any atom is -0.545 e. The second-order valence-corrected chi connectivity index (χ2v) is 32.9. The van der Waals surface area contributed by atoms with E-state index in [1.54, 1.807) is 0 Å². The maximum absolute atomic E-state index is 13.0. The van der Waals surface area contributed by atoms with Crippen LogP contribution < -0.4 is 5.11 Å². The highest BCUT2D eigenvalue weighted by atomic mass is 16.7. The van der Waals surface area contributed by atoms with Crippen molar-refractivity contribution in [3.63, 3.8) is 0 Å². The van der Waals surface area contributed by atoms with Crippen LogP contribution in [0.25, 0.3) is 0 Å². The quantitative estimate of drug-likeness (QED) is 0.0195. The Morgan fingerprint density at radius 2 is 0.533 bits per heavy atom. The number of carboxylic acids is 1. The highest BCUT2D eigenvalue weighted by Crippen LogP contribution is 2.21. The number of unbranched alkanes of at least 4 members (excludes halogenated alkanes) is 59. The summed E-state index contributed by atoms with van der Waals surface area (Å²) in [6.07, 6.45) is 119. The average molecular weight is 1500 g/mol. The summed E-state index contributed by atoms with van der Waals surface area (Å²) >= 11 is 0. The van der Waals surface area contributed by atoms with Crippen LogP contribution in [0.1, 0.15) is 463 Å². The normalized spacial score (nSPS) is 12.9. The monoisotopic (exact) mass is 1500 g/mol. The first kappa shape index (κ1) is 103. The zero-order valence-corrected chi connectivity index (χ0v) is 71.8. The van der Waals surface area contributed by atoms with Gasteiger partial charge in [-0.3, -0.25) is 9.59 Å². The van der Waals surface area contributed by atoms with E-state index in [-0.39, 0.29) is 32.2 Å². The number of quaternary nitrogens is 1. The Kier molecular flexibility index (Phi) is 85.1. The zero-order valence-electron chi connectivity index (χ0n) is 71.8. The molecule has 0 bridgehead atoms. The molecule has 0 aliphatic carbocycles. The predicted molar refractivity (Wildman–Crippen MR) is 463 cm³/mol. The summed E-state index contributed by atoms with van der Waals surface area (Å²) in [5.74, 6) is -2.25. The first-order chi connectivity index (χ1) is 52.6. The molecule has 0 N–H and O–H groups in total. The number of ether oxygens (including phenoxy) is 4. The molecule has 0 aliphatic heterocycles. The average Bonchev–Trinajstić information content (AvgIpc) is 0.965. The first-order valence-corrected chi connectivity index (χ1v) is 46.7. The van der Waals surface area contributed by atoms with E-state index in [0.717, 1.165) is 77.0 Å². The molecule has 0 aliphatic rings. The Balaban J connectivity index is 3.90. The molecule has 0 saturated heterocycles. The van der Waals surface area contributed by atoms with Crippen LogP contribution in [-0.2, 0) is 33.3 Å². The van der Waals surface area contributed by atoms with Crippen molar-refractivity contribution in [2.75, 3.05) is 47.5 Å². The van der Waals surface area contributed by atoms with Gasteiger partial charge < -0.3 is 33.3 Å². The number of carboxylic acid groups (broad SMARTS) is 1. The lowest BCUT2D eigenvalue weighted by atomic mass is 10.0. The topological polar surface area (TPSA) is 111 Å². The summed E-state index contributed by atoms with van der Waals surface area (Å²) in [7, 11) is 5.96. The lowest BCUT2D eigenvalue weighted by Gasteiger charge is -2.26. The summed E-state index contributed by atoms with van der Waals surface area (Å²) < 4.78 is 22.9. The molecule has 0 aromatic rings. The van der Waals surface area contributed by atoms with Crippen molar-refractivity contribution in [2.45, 2.75) is 476 Å². The molecule has 107 heavy (non-hydrogen) atoms. The largest absolute Gasteiger partial charge is 0.545 e. The van der Waals surface area contributed by atoms with Gasteiger partial charge in [0.05, 0.1) is 40.3 Å². The van der Waals surface area contributed by atoms with Crippen molar-refractivity contribution in [1.29, 1.82) is 0 Å². The fourth-order valence-electron chi connectivity index (χ4n) is 14.1. The smallest absolute Gasteiger partial charge is 0.306 e. The van der Waals surface area contributed by atoms with Gasteiger partial charge in [-0.2, -0.15) is 0 Å². The van der Waals surface area contributed by atoms with Crippen molar-refractivity contribution in [3.8, 4) is 0 Å². The number of allylic oxidation sites excluding steroid dienone is 14. The second-order valence-electron chi connectivity index (χ2n) is 32.9. The standard InChI is InChI=1S/C98H179NO8/c1-6-8-10-12-14-16-18-20-22-24-26-28-30-32-34-36-38-40-42-44-46-48-50-52-54-56-58-60-62-64-66-68-70-72-74-76-78-80-82-84-86-88-95(100)105-92-94(93-106-98(97(102)103)104-91-90-99(3,4)5)107-96(101)89-87-85-83-81-79-77-75-73-71-69-67-65-63-61-59-57-55-53-51-49-47-45-43-41-39-37-35-33-31-29-27-25-23-21-19-17-15-13-11-9-7-2/h9,11,15,17,21,23,27,29,33,35,39,41,45,47,94,98H,6-8,10,12-14,16,18-20,22,24-26,28,30-32,34,36-38,40,42-44,46,48-93H2,1-5H3/b11-9-,17-15-,23-21-,29-27-,35-33-,41-39-,47-45-. The van der Waals surface area contributed by atoms with Gasteiger partial charge in [-0.25, -0.2) is 0 Å². The van der Waals surface area contributed by atoms with Gasteiger partial charge in [0, 0.05) is 12.8 Å². The Labute approximate surface area is 665 Å². The van der Waals surface area contributed by atoms with Crippen LogP contribution in [0.2, 0.25) is 0 Å². The Bertz CT molecular complexity index is 2050. The molecule has 0 rings (SSSR count). The van der Waals surface area contributed by atoms with Gasteiger partial charge in [0.2, 0.25) is 0 Å². The molecule has 0 fully saturated rings. The van der Waals surface area contributed by atoms with E-state index < -0.39 is 24.3 Å². The minimum absolute atomic E-state index is 0.149. The number of aliphatic carboxylic acids is 1.